The maximum absolute atomic E-state index is 12.5. The van der Waals surface area contributed by atoms with E-state index in [-0.39, 0.29) is 41.0 Å². The monoisotopic (exact) mass is 354 g/mol. The van der Waals surface area contributed by atoms with Gasteiger partial charge in [0.1, 0.15) is 10.6 Å². The van der Waals surface area contributed by atoms with Crippen LogP contribution < -0.4 is 14.4 Å². The van der Waals surface area contributed by atoms with E-state index >= 15 is 0 Å². The van der Waals surface area contributed by atoms with Gasteiger partial charge in [0.05, 0.1) is 12.8 Å². The average Bonchev–Trinajstić information content (AvgIpc) is 2.90. The Labute approximate surface area is 142 Å². The molecule has 8 heteroatoms. The number of hydrogen-bond acceptors (Lipinski definition) is 5. The molecule has 0 aliphatic carbocycles. The Morgan fingerprint density at radius 1 is 1.17 bits per heavy atom. The highest BCUT2D eigenvalue weighted by Crippen LogP contribution is 2.31. The molecule has 0 unspecified atom stereocenters. The van der Waals surface area contributed by atoms with Crippen LogP contribution in [0.1, 0.15) is 39.0 Å². The second-order valence-corrected chi connectivity index (χ2v) is 7.30. The molecule has 1 N–H and O–H groups in total. The fourth-order valence-electron chi connectivity index (χ4n) is 2.54. The van der Waals surface area contributed by atoms with Gasteiger partial charge in [0.15, 0.2) is 0 Å². The van der Waals surface area contributed by atoms with Gasteiger partial charge >= 0.3 is 0 Å². The van der Waals surface area contributed by atoms with Crippen molar-refractivity contribution in [1.82, 2.24) is 4.72 Å². The Morgan fingerprint density at radius 2 is 1.83 bits per heavy atom. The molecule has 1 heterocycles. The van der Waals surface area contributed by atoms with Crippen LogP contribution in [0.25, 0.3) is 0 Å². The van der Waals surface area contributed by atoms with E-state index in [0.717, 1.165) is 24.2 Å². The first kappa shape index (κ1) is 18.4. The summed E-state index contributed by atoms with van der Waals surface area (Å²) in [6.45, 7) is 2.36. The SMILES string of the molecule is CCCCCNS(=O)(=O)c1cc(N2C(=O)CCC2=O)ccc1OC. The summed E-state index contributed by atoms with van der Waals surface area (Å²) >= 11 is 0. The average molecular weight is 354 g/mol. The molecule has 1 aliphatic heterocycles. The number of sulfonamides is 1. The van der Waals surface area contributed by atoms with E-state index in [1.54, 1.807) is 0 Å². The zero-order chi connectivity index (χ0) is 17.7. The van der Waals surface area contributed by atoms with Crippen molar-refractivity contribution >= 4 is 27.5 Å². The number of ether oxygens (including phenoxy) is 1. The van der Waals surface area contributed by atoms with Crippen LogP contribution in [0, 0.1) is 0 Å². The molecule has 0 bridgehead atoms. The van der Waals surface area contributed by atoms with Crippen molar-refractivity contribution in [3.8, 4) is 5.75 Å². The number of amides is 2. The molecule has 1 aromatic rings. The molecule has 1 fully saturated rings. The third kappa shape index (κ3) is 3.93. The maximum atomic E-state index is 12.5. The standard InChI is InChI=1S/C16H22N2O5S/c1-3-4-5-10-17-24(21,22)14-11-12(6-7-13(14)23-2)18-15(19)8-9-16(18)20/h6-7,11,17H,3-5,8-10H2,1-2H3. The second-order valence-electron chi connectivity index (χ2n) is 5.56. The van der Waals surface area contributed by atoms with E-state index in [2.05, 4.69) is 4.72 Å². The topological polar surface area (TPSA) is 92.8 Å². The van der Waals surface area contributed by atoms with Crippen molar-refractivity contribution in [2.75, 3.05) is 18.6 Å². The lowest BCUT2D eigenvalue weighted by Crippen LogP contribution is -2.29. The molecule has 0 aromatic heterocycles. The summed E-state index contributed by atoms with van der Waals surface area (Å²) in [5.41, 5.74) is 0.247. The summed E-state index contributed by atoms with van der Waals surface area (Å²) in [6, 6.07) is 4.27. The van der Waals surface area contributed by atoms with Gasteiger partial charge in [-0.2, -0.15) is 0 Å². The third-order valence-corrected chi connectivity index (χ3v) is 5.30. The number of methoxy groups -OCH3 is 1. The zero-order valence-corrected chi connectivity index (χ0v) is 14.7. The number of carbonyl (C=O) groups excluding carboxylic acids is 2. The number of nitrogens with one attached hydrogen (secondary N) is 1. The molecule has 7 nitrogen and oxygen atoms in total. The van der Waals surface area contributed by atoms with E-state index in [0.29, 0.717) is 6.54 Å². The van der Waals surface area contributed by atoms with Crippen molar-refractivity contribution in [2.45, 2.75) is 43.9 Å². The van der Waals surface area contributed by atoms with Crippen LogP contribution in [0.4, 0.5) is 5.69 Å². The lowest BCUT2D eigenvalue weighted by Gasteiger charge is -2.17. The first-order valence-corrected chi connectivity index (χ1v) is 9.42. The molecule has 24 heavy (non-hydrogen) atoms. The molecule has 2 amide bonds. The van der Waals surface area contributed by atoms with Crippen LogP contribution in [-0.4, -0.2) is 33.9 Å². The molecule has 0 radical (unpaired) electrons. The van der Waals surface area contributed by atoms with Crippen molar-refractivity contribution in [2.24, 2.45) is 0 Å². The number of hydrogen-bond donors (Lipinski definition) is 1. The second kappa shape index (κ2) is 7.76. The normalized spacial score (nSPS) is 15.2. The lowest BCUT2D eigenvalue weighted by atomic mass is 10.2. The van der Waals surface area contributed by atoms with E-state index in [4.69, 9.17) is 4.74 Å². The maximum Gasteiger partial charge on any atom is 0.244 e. The van der Waals surface area contributed by atoms with Crippen LogP contribution >= 0.6 is 0 Å². The fourth-order valence-corrected chi connectivity index (χ4v) is 3.80. The lowest BCUT2D eigenvalue weighted by molar-refractivity contribution is -0.121. The van der Waals surface area contributed by atoms with E-state index < -0.39 is 10.0 Å². The number of benzene rings is 1. The highest BCUT2D eigenvalue weighted by Gasteiger charge is 2.31. The molecule has 2 rings (SSSR count). The van der Waals surface area contributed by atoms with Crippen LogP contribution in [0.2, 0.25) is 0 Å². The zero-order valence-electron chi connectivity index (χ0n) is 13.9. The van der Waals surface area contributed by atoms with Gasteiger partial charge in [-0.15, -0.1) is 0 Å². The van der Waals surface area contributed by atoms with Gasteiger partial charge in [-0.05, 0) is 24.6 Å². The van der Waals surface area contributed by atoms with E-state index in [1.165, 1.54) is 25.3 Å². The van der Waals surface area contributed by atoms with Crippen LogP contribution in [0.15, 0.2) is 23.1 Å². The number of anilines is 1. The van der Waals surface area contributed by atoms with Crippen LogP contribution in [0.5, 0.6) is 5.75 Å². The summed E-state index contributed by atoms with van der Waals surface area (Å²) < 4.78 is 32.7. The number of nitrogens with zero attached hydrogens (tertiary/aromatic N) is 1. The Bertz CT molecular complexity index is 714. The molecule has 1 saturated heterocycles. The quantitative estimate of drug-likeness (QED) is 0.568. The fraction of sp³-hybridized carbons (Fsp3) is 0.500. The predicted octanol–water partition coefficient (Wildman–Crippen LogP) is 1.82. The molecule has 1 aromatic carbocycles. The number of unbranched alkanes of at least 4 members (excludes halogenated alkanes) is 2. The van der Waals surface area contributed by atoms with Crippen molar-refractivity contribution in [3.63, 3.8) is 0 Å². The molecular formula is C16H22N2O5S. The third-order valence-electron chi connectivity index (χ3n) is 3.82. The van der Waals surface area contributed by atoms with Crippen LogP contribution in [-0.2, 0) is 19.6 Å². The first-order chi connectivity index (χ1) is 11.4. The van der Waals surface area contributed by atoms with Crippen molar-refractivity contribution < 1.29 is 22.7 Å². The Morgan fingerprint density at radius 3 is 2.42 bits per heavy atom. The number of rotatable bonds is 8. The summed E-state index contributed by atoms with van der Waals surface area (Å²) in [4.78, 5) is 24.7. The van der Waals surface area contributed by atoms with Gasteiger partial charge < -0.3 is 4.74 Å². The summed E-state index contributed by atoms with van der Waals surface area (Å²) in [5, 5.41) is 0. The molecule has 0 spiro atoms. The van der Waals surface area contributed by atoms with E-state index in [1.807, 2.05) is 6.92 Å². The minimum absolute atomic E-state index is 0.0773. The molecule has 0 saturated carbocycles. The summed E-state index contributed by atoms with van der Waals surface area (Å²) in [7, 11) is -2.42. The van der Waals surface area contributed by atoms with Gasteiger partial charge in [-0.25, -0.2) is 13.1 Å². The minimum Gasteiger partial charge on any atom is -0.495 e. The molecule has 132 valence electrons. The largest absolute Gasteiger partial charge is 0.495 e. The summed E-state index contributed by atoms with van der Waals surface area (Å²) in [5.74, 6) is -0.491. The first-order valence-electron chi connectivity index (χ1n) is 7.94. The van der Waals surface area contributed by atoms with Gasteiger partial charge in [-0.1, -0.05) is 19.8 Å². The van der Waals surface area contributed by atoms with Gasteiger partial charge in [-0.3, -0.25) is 14.5 Å². The molecular weight excluding hydrogens is 332 g/mol. The predicted molar refractivity (Wildman–Crippen MR) is 89.4 cm³/mol. The van der Waals surface area contributed by atoms with Gasteiger partial charge in [0, 0.05) is 19.4 Å². The molecule has 0 atom stereocenters. The van der Waals surface area contributed by atoms with Crippen molar-refractivity contribution in [3.05, 3.63) is 18.2 Å². The highest BCUT2D eigenvalue weighted by molar-refractivity contribution is 7.89. The summed E-state index contributed by atoms with van der Waals surface area (Å²) in [6.07, 6.45) is 2.93. The Hall–Kier alpha value is -1.93. The minimum atomic E-state index is -3.79. The highest BCUT2D eigenvalue weighted by atomic mass is 32.2. The Kier molecular flexibility index (Phi) is 5.95. The number of imide groups is 1. The van der Waals surface area contributed by atoms with Crippen molar-refractivity contribution in [1.29, 1.82) is 0 Å². The number of carbonyl (C=O) groups is 2. The smallest absolute Gasteiger partial charge is 0.244 e. The van der Waals surface area contributed by atoms with Crippen LogP contribution in [0.3, 0.4) is 0 Å². The van der Waals surface area contributed by atoms with E-state index in [9.17, 15) is 18.0 Å². The van der Waals surface area contributed by atoms with Gasteiger partial charge in [0.25, 0.3) is 0 Å². The Balaban J connectivity index is 2.32. The molecule has 1 aliphatic rings. The van der Waals surface area contributed by atoms with Gasteiger partial charge in [0.2, 0.25) is 21.8 Å².